The van der Waals surface area contributed by atoms with Crippen LogP contribution in [0.25, 0.3) is 0 Å². The molecular weight excluding hydrogens is 280 g/mol. The van der Waals surface area contributed by atoms with E-state index < -0.39 is 34.5 Å². The normalized spacial score (nSPS) is 10.3. The number of hydrogen-bond donors (Lipinski definition) is 5. The molecule has 7 nitrogen and oxygen atoms in total. The van der Waals surface area contributed by atoms with Crippen molar-refractivity contribution in [2.75, 3.05) is 7.11 Å². The Morgan fingerprint density at radius 1 is 0.905 bits per heavy atom. The first-order valence-corrected chi connectivity index (χ1v) is 5.75. The number of benzene rings is 2. The Hall–Kier alpha value is -3.09. The molecule has 0 aliphatic carbocycles. The maximum absolute atomic E-state index is 12.2. The lowest BCUT2D eigenvalue weighted by molar-refractivity contribution is 0.103. The van der Waals surface area contributed by atoms with E-state index in [9.17, 15) is 30.3 Å². The Morgan fingerprint density at radius 2 is 1.48 bits per heavy atom. The number of carbonyl (C=O) groups is 1. The summed E-state index contributed by atoms with van der Waals surface area (Å²) in [5, 5.41) is 47.6. The summed E-state index contributed by atoms with van der Waals surface area (Å²) < 4.78 is 4.74. The minimum atomic E-state index is -0.831. The van der Waals surface area contributed by atoms with Crippen LogP contribution in [0, 0.1) is 0 Å². The molecule has 0 saturated carbocycles. The number of ketones is 1. The van der Waals surface area contributed by atoms with E-state index in [2.05, 4.69) is 0 Å². The smallest absolute Gasteiger partial charge is 0.202 e. The molecule has 0 atom stereocenters. The van der Waals surface area contributed by atoms with Gasteiger partial charge >= 0.3 is 0 Å². The Balaban J connectivity index is 2.53. The Bertz CT molecular complexity index is 698. The molecule has 21 heavy (non-hydrogen) atoms. The third kappa shape index (κ3) is 2.36. The number of rotatable bonds is 3. The van der Waals surface area contributed by atoms with Crippen molar-refractivity contribution in [1.29, 1.82) is 0 Å². The highest BCUT2D eigenvalue weighted by atomic mass is 16.5. The van der Waals surface area contributed by atoms with Gasteiger partial charge in [-0.05, 0) is 24.3 Å². The second-order valence-corrected chi connectivity index (χ2v) is 4.21. The van der Waals surface area contributed by atoms with Crippen molar-refractivity contribution in [2.24, 2.45) is 0 Å². The van der Waals surface area contributed by atoms with Crippen LogP contribution >= 0.6 is 0 Å². The average Bonchev–Trinajstić information content (AvgIpc) is 2.44. The molecule has 0 aromatic heterocycles. The van der Waals surface area contributed by atoms with Gasteiger partial charge in [-0.25, -0.2) is 0 Å². The van der Waals surface area contributed by atoms with Gasteiger partial charge in [-0.2, -0.15) is 0 Å². The van der Waals surface area contributed by atoms with Crippen LogP contribution in [0.3, 0.4) is 0 Å². The van der Waals surface area contributed by atoms with Crippen molar-refractivity contribution in [2.45, 2.75) is 0 Å². The molecular formula is C14H12O7. The van der Waals surface area contributed by atoms with Gasteiger partial charge in [-0.3, -0.25) is 4.79 Å². The van der Waals surface area contributed by atoms with Crippen molar-refractivity contribution < 1.29 is 35.1 Å². The summed E-state index contributed by atoms with van der Waals surface area (Å²) in [4.78, 5) is 12.2. The van der Waals surface area contributed by atoms with E-state index in [1.807, 2.05) is 0 Å². The van der Waals surface area contributed by atoms with Gasteiger partial charge in [-0.1, -0.05) is 0 Å². The first-order chi connectivity index (χ1) is 9.86. The fraction of sp³-hybridized carbons (Fsp3) is 0.0714. The number of methoxy groups -OCH3 is 1. The highest BCUT2D eigenvalue weighted by molar-refractivity contribution is 6.11. The monoisotopic (exact) mass is 292 g/mol. The van der Waals surface area contributed by atoms with Crippen LogP contribution < -0.4 is 4.74 Å². The number of carbonyl (C=O) groups excluding carboxylic acids is 1. The molecule has 2 rings (SSSR count). The molecule has 2 aromatic rings. The second-order valence-electron chi connectivity index (χ2n) is 4.21. The first-order valence-electron chi connectivity index (χ1n) is 5.75. The van der Waals surface area contributed by atoms with E-state index in [1.54, 1.807) is 0 Å². The SMILES string of the molecule is COc1c(O)cc(C(=O)c2ccc(O)c(O)c2O)cc1O. The predicted molar refractivity (Wildman–Crippen MR) is 71.2 cm³/mol. The third-order valence-corrected chi connectivity index (χ3v) is 2.89. The highest BCUT2D eigenvalue weighted by Gasteiger charge is 2.21. The summed E-state index contributed by atoms with van der Waals surface area (Å²) in [7, 11) is 1.24. The molecule has 0 saturated heterocycles. The van der Waals surface area contributed by atoms with Gasteiger partial charge in [0.25, 0.3) is 0 Å². The summed E-state index contributed by atoms with van der Waals surface area (Å²) in [6.45, 7) is 0. The third-order valence-electron chi connectivity index (χ3n) is 2.89. The van der Waals surface area contributed by atoms with Crippen molar-refractivity contribution in [1.82, 2.24) is 0 Å². The quantitative estimate of drug-likeness (QED) is 0.428. The molecule has 0 spiro atoms. The van der Waals surface area contributed by atoms with Crippen molar-refractivity contribution in [3.63, 3.8) is 0 Å². The average molecular weight is 292 g/mol. The number of aromatic hydroxyl groups is 5. The lowest BCUT2D eigenvalue weighted by Crippen LogP contribution is -2.02. The standard InChI is InChI=1S/C14H12O7/c1-21-14-9(16)4-6(5-10(14)17)11(18)7-2-3-8(15)13(20)12(7)19/h2-5,15-17,19-20H,1H3. The van der Waals surface area contributed by atoms with Gasteiger partial charge < -0.3 is 30.3 Å². The molecule has 0 aliphatic heterocycles. The maximum Gasteiger partial charge on any atom is 0.202 e. The van der Waals surface area contributed by atoms with Crippen molar-refractivity contribution in [3.8, 4) is 34.5 Å². The lowest BCUT2D eigenvalue weighted by atomic mass is 10.0. The van der Waals surface area contributed by atoms with Crippen LogP contribution in [0.5, 0.6) is 34.5 Å². The predicted octanol–water partition coefficient (Wildman–Crippen LogP) is 1.45. The largest absolute Gasteiger partial charge is 0.504 e. The number of phenols is 5. The van der Waals surface area contributed by atoms with Gasteiger partial charge in [-0.15, -0.1) is 0 Å². The van der Waals surface area contributed by atoms with Crippen LogP contribution in [0.2, 0.25) is 0 Å². The van der Waals surface area contributed by atoms with Crippen LogP contribution in [-0.2, 0) is 0 Å². The first kappa shape index (κ1) is 14.3. The summed E-state index contributed by atoms with van der Waals surface area (Å²) in [6.07, 6.45) is 0. The van der Waals surface area contributed by atoms with Crippen LogP contribution in [0.15, 0.2) is 24.3 Å². The van der Waals surface area contributed by atoms with Crippen LogP contribution in [0.1, 0.15) is 15.9 Å². The van der Waals surface area contributed by atoms with Crippen molar-refractivity contribution in [3.05, 3.63) is 35.4 Å². The summed E-state index contributed by atoms with van der Waals surface area (Å²) >= 11 is 0. The summed E-state index contributed by atoms with van der Waals surface area (Å²) in [5.41, 5.74) is -0.430. The molecule has 0 aliphatic rings. The van der Waals surface area contributed by atoms with Crippen LogP contribution in [-0.4, -0.2) is 38.4 Å². The zero-order valence-electron chi connectivity index (χ0n) is 10.9. The molecule has 0 fully saturated rings. The molecule has 7 heteroatoms. The number of hydrogen-bond acceptors (Lipinski definition) is 7. The maximum atomic E-state index is 12.2. The summed E-state index contributed by atoms with van der Waals surface area (Å²) in [6, 6.07) is 4.23. The topological polar surface area (TPSA) is 127 Å². The number of ether oxygens (including phenoxy) is 1. The molecule has 0 unspecified atom stereocenters. The minimum Gasteiger partial charge on any atom is -0.504 e. The Kier molecular flexibility index (Phi) is 3.49. The molecule has 0 amide bonds. The Labute approximate surface area is 118 Å². The molecule has 0 heterocycles. The zero-order chi connectivity index (χ0) is 15.7. The Morgan fingerprint density at radius 3 is 2.00 bits per heavy atom. The zero-order valence-corrected chi connectivity index (χ0v) is 10.9. The van der Waals surface area contributed by atoms with Gasteiger partial charge in [0.2, 0.25) is 11.5 Å². The fourth-order valence-electron chi connectivity index (χ4n) is 1.85. The van der Waals surface area contributed by atoms with Gasteiger partial charge in [0.05, 0.1) is 12.7 Å². The van der Waals surface area contributed by atoms with Gasteiger partial charge in [0.1, 0.15) is 0 Å². The van der Waals surface area contributed by atoms with Gasteiger partial charge in [0.15, 0.2) is 28.8 Å². The fourth-order valence-corrected chi connectivity index (χ4v) is 1.85. The lowest BCUT2D eigenvalue weighted by Gasteiger charge is -2.10. The van der Waals surface area contributed by atoms with E-state index in [0.29, 0.717) is 0 Å². The number of phenolic OH excluding ortho intramolecular Hbond substituents is 5. The van der Waals surface area contributed by atoms with E-state index in [4.69, 9.17) is 4.74 Å². The summed E-state index contributed by atoms with van der Waals surface area (Å²) in [5.74, 6) is -4.07. The van der Waals surface area contributed by atoms with E-state index in [-0.39, 0.29) is 16.9 Å². The minimum absolute atomic E-state index is 0.133. The van der Waals surface area contributed by atoms with Gasteiger partial charge in [0, 0.05) is 5.56 Å². The van der Waals surface area contributed by atoms with Crippen LogP contribution in [0.4, 0.5) is 0 Å². The van der Waals surface area contributed by atoms with E-state index >= 15 is 0 Å². The molecule has 0 radical (unpaired) electrons. The molecule has 0 bridgehead atoms. The molecule has 110 valence electrons. The van der Waals surface area contributed by atoms with E-state index in [1.165, 1.54) is 7.11 Å². The molecule has 2 aromatic carbocycles. The highest BCUT2D eigenvalue weighted by Crippen LogP contribution is 2.40. The molecule has 5 N–H and O–H groups in total. The van der Waals surface area contributed by atoms with E-state index in [0.717, 1.165) is 24.3 Å². The van der Waals surface area contributed by atoms with Crippen molar-refractivity contribution >= 4 is 5.78 Å². The second kappa shape index (κ2) is 5.12.